The van der Waals surface area contributed by atoms with Crippen molar-refractivity contribution >= 4 is 11.6 Å². The largest absolute Gasteiger partial charge is 0.496 e. The van der Waals surface area contributed by atoms with E-state index in [9.17, 15) is 18.0 Å². The molecule has 3 aromatic rings. The summed E-state index contributed by atoms with van der Waals surface area (Å²) in [4.78, 5) is 20.9. The molecule has 1 N–H and O–H groups in total. The number of ether oxygens (including phenoxy) is 2. The molecule has 1 amide bonds. The van der Waals surface area contributed by atoms with Gasteiger partial charge in [-0.25, -0.2) is 0 Å². The number of nitrogens with one attached hydrogen (secondary N) is 1. The number of carbonyl (C=O) groups excluding carboxylic acids is 1. The van der Waals surface area contributed by atoms with Crippen LogP contribution in [0, 0.1) is 0 Å². The maximum absolute atomic E-state index is 13.9. The summed E-state index contributed by atoms with van der Waals surface area (Å²) in [5, 5.41) is 2.51. The van der Waals surface area contributed by atoms with E-state index in [-0.39, 0.29) is 24.4 Å². The highest BCUT2D eigenvalue weighted by Gasteiger charge is 2.34. The molecule has 0 unspecified atom stereocenters. The Morgan fingerprint density at radius 2 is 1.82 bits per heavy atom. The van der Waals surface area contributed by atoms with Crippen LogP contribution in [0.3, 0.4) is 0 Å². The molecule has 202 valence electrons. The number of rotatable bonds is 9. The summed E-state index contributed by atoms with van der Waals surface area (Å²) in [6, 6.07) is 12.8. The van der Waals surface area contributed by atoms with Crippen molar-refractivity contribution in [3.8, 4) is 22.6 Å². The molecule has 0 spiro atoms. The standard InChI is InChI=1S/C28H31F3N4O3/c1-3-34-11-13-35(14-12-34)18-21-6-7-22(15-25(21)28(29,30)31)33-27(36)19-38-23-8-9-24(26(16-23)37-2)20-5-4-10-32-17-20/h4-10,15-17H,3,11-14,18-19H2,1-2H3,(H,33,36). The molecule has 0 atom stereocenters. The van der Waals surface area contributed by atoms with Crippen LogP contribution in [-0.4, -0.2) is 67.1 Å². The van der Waals surface area contributed by atoms with E-state index >= 15 is 0 Å². The highest BCUT2D eigenvalue weighted by atomic mass is 19.4. The SMILES string of the molecule is CCN1CCN(Cc2ccc(NC(=O)COc3ccc(-c4cccnc4)c(OC)c3)cc2C(F)(F)F)CC1. The topological polar surface area (TPSA) is 66.9 Å². The van der Waals surface area contributed by atoms with E-state index in [0.717, 1.165) is 49.9 Å². The predicted molar refractivity (Wildman–Crippen MR) is 139 cm³/mol. The number of aromatic nitrogens is 1. The van der Waals surface area contributed by atoms with Crippen LogP contribution in [0.5, 0.6) is 11.5 Å². The summed E-state index contributed by atoms with van der Waals surface area (Å²) in [6.45, 7) is 5.95. The summed E-state index contributed by atoms with van der Waals surface area (Å²) in [5.41, 5.74) is 1.18. The van der Waals surface area contributed by atoms with Crippen LogP contribution >= 0.6 is 0 Å². The second-order valence-electron chi connectivity index (χ2n) is 9.02. The molecule has 0 saturated carbocycles. The molecule has 1 aliphatic rings. The number of hydrogen-bond donors (Lipinski definition) is 1. The first-order valence-corrected chi connectivity index (χ1v) is 12.4. The zero-order valence-corrected chi connectivity index (χ0v) is 21.4. The van der Waals surface area contributed by atoms with Crippen LogP contribution < -0.4 is 14.8 Å². The first-order valence-electron chi connectivity index (χ1n) is 12.4. The molecule has 38 heavy (non-hydrogen) atoms. The summed E-state index contributed by atoms with van der Waals surface area (Å²) < 4.78 is 52.6. The molecule has 2 heterocycles. The van der Waals surface area contributed by atoms with Crippen molar-refractivity contribution in [3.63, 3.8) is 0 Å². The molecule has 7 nitrogen and oxygen atoms in total. The number of benzene rings is 2. The third-order valence-corrected chi connectivity index (χ3v) is 6.52. The van der Waals surface area contributed by atoms with Crippen LogP contribution in [0.2, 0.25) is 0 Å². The Labute approximate surface area is 220 Å². The quantitative estimate of drug-likeness (QED) is 0.425. The molecule has 1 aromatic heterocycles. The lowest BCUT2D eigenvalue weighted by molar-refractivity contribution is -0.138. The second kappa shape index (κ2) is 12.3. The molecule has 0 radical (unpaired) electrons. The van der Waals surface area contributed by atoms with Gasteiger partial charge in [0.2, 0.25) is 0 Å². The van der Waals surface area contributed by atoms with Crippen LogP contribution in [0.15, 0.2) is 60.9 Å². The minimum atomic E-state index is -4.54. The number of carbonyl (C=O) groups is 1. The summed E-state index contributed by atoms with van der Waals surface area (Å²) in [6.07, 6.45) is -1.16. The van der Waals surface area contributed by atoms with Gasteiger partial charge in [-0.3, -0.25) is 14.7 Å². The monoisotopic (exact) mass is 528 g/mol. The summed E-state index contributed by atoms with van der Waals surface area (Å²) >= 11 is 0. The Hall–Kier alpha value is -3.63. The molecular formula is C28H31F3N4O3. The van der Waals surface area contributed by atoms with E-state index in [0.29, 0.717) is 11.5 Å². The second-order valence-corrected chi connectivity index (χ2v) is 9.02. The number of halogens is 3. The maximum atomic E-state index is 13.9. The molecule has 0 aliphatic carbocycles. The lowest BCUT2D eigenvalue weighted by Crippen LogP contribution is -2.45. The van der Waals surface area contributed by atoms with Gasteiger partial charge in [-0.2, -0.15) is 13.2 Å². The maximum Gasteiger partial charge on any atom is 0.416 e. The fraction of sp³-hybridized carbons (Fsp3) is 0.357. The van der Waals surface area contributed by atoms with Gasteiger partial charge in [-0.15, -0.1) is 0 Å². The number of nitrogens with zero attached hydrogens (tertiary/aromatic N) is 3. The highest BCUT2D eigenvalue weighted by molar-refractivity contribution is 5.92. The molecule has 1 fully saturated rings. The zero-order chi connectivity index (χ0) is 27.1. The number of hydrogen-bond acceptors (Lipinski definition) is 6. The van der Waals surface area contributed by atoms with Gasteiger partial charge < -0.3 is 19.7 Å². The minimum Gasteiger partial charge on any atom is -0.496 e. The number of pyridine rings is 1. The molecule has 4 rings (SSSR count). The average molecular weight is 529 g/mol. The predicted octanol–water partition coefficient (Wildman–Crippen LogP) is 4.93. The zero-order valence-electron chi connectivity index (χ0n) is 21.4. The van der Waals surface area contributed by atoms with Crippen LogP contribution in [-0.2, 0) is 17.5 Å². The lowest BCUT2D eigenvalue weighted by atomic mass is 10.0. The van der Waals surface area contributed by atoms with Crippen molar-refractivity contribution in [3.05, 3.63) is 72.1 Å². The van der Waals surface area contributed by atoms with Gasteiger partial charge in [0.1, 0.15) is 11.5 Å². The average Bonchev–Trinajstić information content (AvgIpc) is 2.93. The van der Waals surface area contributed by atoms with Gasteiger partial charge in [-0.1, -0.05) is 19.1 Å². The fourth-order valence-electron chi connectivity index (χ4n) is 4.43. The highest BCUT2D eigenvalue weighted by Crippen LogP contribution is 2.35. The van der Waals surface area contributed by atoms with Crippen molar-refractivity contribution in [1.29, 1.82) is 0 Å². The molecule has 10 heteroatoms. The Kier molecular flexibility index (Phi) is 8.85. The van der Waals surface area contributed by atoms with Crippen molar-refractivity contribution in [1.82, 2.24) is 14.8 Å². The van der Waals surface area contributed by atoms with E-state index in [1.54, 1.807) is 30.6 Å². The Morgan fingerprint density at radius 3 is 2.47 bits per heavy atom. The van der Waals surface area contributed by atoms with Gasteiger partial charge in [0.05, 0.1) is 12.7 Å². The van der Waals surface area contributed by atoms with Crippen molar-refractivity contribution in [2.75, 3.05) is 51.8 Å². The summed E-state index contributed by atoms with van der Waals surface area (Å²) in [7, 11) is 1.53. The summed E-state index contributed by atoms with van der Waals surface area (Å²) in [5.74, 6) is 0.355. The third-order valence-electron chi connectivity index (χ3n) is 6.52. The molecule has 2 aromatic carbocycles. The van der Waals surface area contributed by atoms with E-state index < -0.39 is 17.6 Å². The van der Waals surface area contributed by atoms with E-state index in [4.69, 9.17) is 9.47 Å². The van der Waals surface area contributed by atoms with Crippen LogP contribution in [0.4, 0.5) is 18.9 Å². The Bertz CT molecular complexity index is 1230. The van der Waals surface area contributed by atoms with Crippen molar-refractivity contribution < 1.29 is 27.4 Å². The third kappa shape index (κ3) is 7.02. The number of methoxy groups -OCH3 is 1. The first-order chi connectivity index (χ1) is 18.3. The van der Waals surface area contributed by atoms with Gasteiger partial charge in [-0.05, 0) is 42.4 Å². The van der Waals surface area contributed by atoms with E-state index in [1.807, 2.05) is 17.0 Å². The molecular weight excluding hydrogens is 497 g/mol. The van der Waals surface area contributed by atoms with E-state index in [1.165, 1.54) is 19.2 Å². The van der Waals surface area contributed by atoms with Crippen molar-refractivity contribution in [2.24, 2.45) is 0 Å². The van der Waals surface area contributed by atoms with Crippen LogP contribution in [0.1, 0.15) is 18.1 Å². The number of amides is 1. The normalized spacial score (nSPS) is 14.8. The Morgan fingerprint density at radius 1 is 1.05 bits per heavy atom. The number of piperazine rings is 1. The molecule has 0 bridgehead atoms. The van der Waals surface area contributed by atoms with Gasteiger partial charge >= 0.3 is 6.18 Å². The number of alkyl halides is 3. The van der Waals surface area contributed by atoms with Crippen LogP contribution in [0.25, 0.3) is 11.1 Å². The van der Waals surface area contributed by atoms with Gasteiger partial charge in [0.15, 0.2) is 6.61 Å². The van der Waals surface area contributed by atoms with Gasteiger partial charge in [0.25, 0.3) is 5.91 Å². The minimum absolute atomic E-state index is 0.0648. The number of anilines is 1. The van der Waals surface area contributed by atoms with Crippen molar-refractivity contribution in [2.45, 2.75) is 19.6 Å². The lowest BCUT2D eigenvalue weighted by Gasteiger charge is -2.34. The van der Waals surface area contributed by atoms with Gasteiger partial charge in [0, 0.05) is 68.0 Å². The first kappa shape index (κ1) is 27.4. The number of likely N-dealkylation sites (N-methyl/N-ethyl adjacent to an activating group) is 1. The molecule has 1 aliphatic heterocycles. The fourth-order valence-corrected chi connectivity index (χ4v) is 4.43. The smallest absolute Gasteiger partial charge is 0.416 e. The van der Waals surface area contributed by atoms with E-state index in [2.05, 4.69) is 22.1 Å². The molecule has 1 saturated heterocycles. The Balaban J connectivity index is 1.39.